The minimum atomic E-state index is -0.582. The van der Waals surface area contributed by atoms with Crippen LogP contribution in [0, 0.1) is 21.4 Å². The van der Waals surface area contributed by atoms with Crippen molar-refractivity contribution < 1.29 is 9.66 Å². The Kier molecular flexibility index (Phi) is 5.57. The van der Waals surface area contributed by atoms with Gasteiger partial charge in [-0.1, -0.05) is 24.3 Å². The van der Waals surface area contributed by atoms with Crippen LogP contribution in [0.3, 0.4) is 0 Å². The van der Waals surface area contributed by atoms with Crippen molar-refractivity contribution in [2.24, 2.45) is 0 Å². The van der Waals surface area contributed by atoms with Gasteiger partial charge in [-0.2, -0.15) is 5.26 Å². The molecule has 7 heteroatoms. The molecule has 1 saturated heterocycles. The van der Waals surface area contributed by atoms with Crippen molar-refractivity contribution in [3.63, 3.8) is 0 Å². The van der Waals surface area contributed by atoms with Crippen LogP contribution in [0.1, 0.15) is 30.5 Å². The van der Waals surface area contributed by atoms with Crippen molar-refractivity contribution >= 4 is 22.3 Å². The van der Waals surface area contributed by atoms with Crippen LogP contribution in [0.4, 0.5) is 11.4 Å². The van der Waals surface area contributed by atoms with E-state index in [-0.39, 0.29) is 10.6 Å². The molecule has 4 rings (SSSR count). The largest absolute Gasteiger partial charge is 0.378 e. The first kappa shape index (κ1) is 20.8. The van der Waals surface area contributed by atoms with Gasteiger partial charge in [0.25, 0.3) is 5.69 Å². The van der Waals surface area contributed by atoms with Crippen LogP contribution >= 0.6 is 0 Å². The van der Waals surface area contributed by atoms with Crippen LogP contribution in [-0.4, -0.2) is 36.2 Å². The van der Waals surface area contributed by atoms with Crippen molar-refractivity contribution in [3.8, 4) is 6.07 Å². The maximum absolute atomic E-state index is 11.8. The molecule has 0 spiro atoms. The smallest absolute Gasteiger partial charge is 0.291 e. The van der Waals surface area contributed by atoms with Crippen molar-refractivity contribution in [1.82, 2.24) is 4.98 Å². The molecule has 0 unspecified atom stereocenters. The van der Waals surface area contributed by atoms with E-state index in [1.165, 1.54) is 6.20 Å². The molecule has 0 aliphatic carbocycles. The van der Waals surface area contributed by atoms with Crippen molar-refractivity contribution in [2.45, 2.75) is 25.7 Å². The number of nitriles is 1. The number of nitro groups is 1. The Hall–Kier alpha value is -3.50. The number of fused-ring (bicyclic) bond motifs is 1. The highest BCUT2D eigenvalue weighted by molar-refractivity contribution is 5.88. The zero-order valence-corrected chi connectivity index (χ0v) is 17.7. The number of anilines is 1. The third kappa shape index (κ3) is 4.21. The zero-order chi connectivity index (χ0) is 22.0. The van der Waals surface area contributed by atoms with E-state index in [0.717, 1.165) is 40.8 Å². The number of hydrogen-bond donors (Lipinski definition) is 0. The van der Waals surface area contributed by atoms with Crippen LogP contribution in [-0.2, 0) is 16.6 Å². The molecule has 0 saturated carbocycles. The van der Waals surface area contributed by atoms with Crippen molar-refractivity contribution in [3.05, 3.63) is 75.5 Å². The Morgan fingerprint density at radius 2 is 1.90 bits per heavy atom. The van der Waals surface area contributed by atoms with Crippen LogP contribution in [0.2, 0.25) is 0 Å². The number of benzene rings is 2. The van der Waals surface area contributed by atoms with E-state index in [1.54, 1.807) is 0 Å². The molecule has 0 radical (unpaired) electrons. The number of ether oxygens (including phenoxy) is 1. The lowest BCUT2D eigenvalue weighted by Crippen LogP contribution is -2.36. The summed E-state index contributed by atoms with van der Waals surface area (Å²) in [5.41, 5.74) is 3.71. The molecule has 1 aliphatic rings. The standard InChI is InChI=1S/C24H24N4O3/c1-24(2,16-25)18-5-3-17(4-6-18)13-21-20-14-19(27-9-11-31-12-10-27)7-8-22(20)26-15-23(21)28(29)30/h3-8,14-15H,9-13H2,1-2H3. The van der Waals surface area contributed by atoms with Gasteiger partial charge in [0.1, 0.15) is 6.20 Å². The molecule has 1 aromatic heterocycles. The predicted octanol–water partition coefficient (Wildman–Crippen LogP) is 4.37. The molecule has 31 heavy (non-hydrogen) atoms. The Balaban J connectivity index is 1.76. The van der Waals surface area contributed by atoms with E-state index in [1.807, 2.05) is 56.3 Å². The lowest BCUT2D eigenvalue weighted by atomic mass is 9.85. The molecular weight excluding hydrogens is 392 g/mol. The summed E-state index contributed by atoms with van der Waals surface area (Å²) in [4.78, 5) is 18.0. The second-order valence-electron chi connectivity index (χ2n) is 8.29. The van der Waals surface area contributed by atoms with Gasteiger partial charge in [0.05, 0.1) is 35.1 Å². The summed E-state index contributed by atoms with van der Waals surface area (Å²) in [6.45, 7) is 6.67. The zero-order valence-electron chi connectivity index (χ0n) is 17.7. The quantitative estimate of drug-likeness (QED) is 0.453. The highest BCUT2D eigenvalue weighted by atomic mass is 16.6. The highest BCUT2D eigenvalue weighted by Gasteiger charge is 2.22. The first-order valence-electron chi connectivity index (χ1n) is 10.3. The lowest BCUT2D eigenvalue weighted by molar-refractivity contribution is -0.385. The fraction of sp³-hybridized carbons (Fsp3) is 0.333. The van der Waals surface area contributed by atoms with E-state index in [9.17, 15) is 15.4 Å². The Morgan fingerprint density at radius 1 is 1.19 bits per heavy atom. The molecule has 3 aromatic rings. The molecule has 0 bridgehead atoms. The molecule has 0 amide bonds. The topological polar surface area (TPSA) is 92.3 Å². The van der Waals surface area contributed by atoms with Gasteiger partial charge in [-0.3, -0.25) is 10.1 Å². The number of hydrogen-bond acceptors (Lipinski definition) is 6. The number of pyridine rings is 1. The van der Waals surface area contributed by atoms with Crippen LogP contribution in [0.15, 0.2) is 48.7 Å². The molecule has 1 fully saturated rings. The van der Waals surface area contributed by atoms with Crippen molar-refractivity contribution in [2.75, 3.05) is 31.2 Å². The van der Waals surface area contributed by atoms with Gasteiger partial charge in [-0.25, -0.2) is 4.98 Å². The first-order chi connectivity index (χ1) is 14.9. The molecule has 2 heterocycles. The first-order valence-corrected chi connectivity index (χ1v) is 10.3. The highest BCUT2D eigenvalue weighted by Crippen LogP contribution is 2.32. The summed E-state index contributed by atoms with van der Waals surface area (Å²) in [6.07, 6.45) is 1.76. The van der Waals surface area contributed by atoms with E-state index in [4.69, 9.17) is 4.74 Å². The average molecular weight is 416 g/mol. The summed E-state index contributed by atoms with van der Waals surface area (Å²) in [6, 6.07) is 16.0. The molecule has 7 nitrogen and oxygen atoms in total. The summed E-state index contributed by atoms with van der Waals surface area (Å²) < 4.78 is 5.44. The summed E-state index contributed by atoms with van der Waals surface area (Å²) in [7, 11) is 0. The van der Waals surface area contributed by atoms with Gasteiger partial charge in [0.15, 0.2) is 0 Å². The minimum Gasteiger partial charge on any atom is -0.378 e. The molecule has 1 aliphatic heterocycles. The van der Waals surface area contributed by atoms with Gasteiger partial charge in [-0.05, 0) is 43.2 Å². The van der Waals surface area contributed by atoms with E-state index in [0.29, 0.717) is 25.2 Å². The molecule has 2 aromatic carbocycles. The minimum absolute atomic E-state index is 0.0214. The summed E-state index contributed by atoms with van der Waals surface area (Å²) >= 11 is 0. The van der Waals surface area contributed by atoms with Gasteiger partial charge < -0.3 is 9.64 Å². The Morgan fingerprint density at radius 3 is 2.55 bits per heavy atom. The Bertz CT molecular complexity index is 1160. The van der Waals surface area contributed by atoms with E-state index in [2.05, 4.69) is 16.0 Å². The van der Waals surface area contributed by atoms with Crippen LogP contribution in [0.25, 0.3) is 10.9 Å². The summed E-state index contributed by atoms with van der Waals surface area (Å²) in [5, 5.41) is 21.9. The number of nitrogens with zero attached hydrogens (tertiary/aromatic N) is 4. The molecule has 158 valence electrons. The fourth-order valence-corrected chi connectivity index (χ4v) is 3.89. The van der Waals surface area contributed by atoms with Crippen molar-refractivity contribution in [1.29, 1.82) is 5.26 Å². The molecule has 0 N–H and O–H groups in total. The maximum Gasteiger partial charge on any atom is 0.291 e. The summed E-state index contributed by atoms with van der Waals surface area (Å²) in [5.74, 6) is 0. The second-order valence-corrected chi connectivity index (χ2v) is 8.29. The third-order valence-electron chi connectivity index (χ3n) is 5.85. The lowest BCUT2D eigenvalue weighted by Gasteiger charge is -2.29. The van der Waals surface area contributed by atoms with Crippen LogP contribution in [0.5, 0.6) is 0 Å². The third-order valence-corrected chi connectivity index (χ3v) is 5.85. The Labute approximate surface area is 181 Å². The van der Waals surface area contributed by atoms with Crippen LogP contribution < -0.4 is 4.90 Å². The van der Waals surface area contributed by atoms with Gasteiger partial charge in [0.2, 0.25) is 0 Å². The van der Waals surface area contributed by atoms with Gasteiger partial charge in [0, 0.05) is 36.1 Å². The van der Waals surface area contributed by atoms with Gasteiger partial charge >= 0.3 is 0 Å². The number of rotatable bonds is 5. The second kappa shape index (κ2) is 8.32. The maximum atomic E-state index is 11.8. The SMILES string of the molecule is CC(C)(C#N)c1ccc(Cc2c([N+](=O)[O-])cnc3ccc(N4CCOCC4)cc23)cc1. The number of aromatic nitrogens is 1. The average Bonchev–Trinajstić information content (AvgIpc) is 2.79. The fourth-order valence-electron chi connectivity index (χ4n) is 3.89. The number of morpholine rings is 1. The van der Waals surface area contributed by atoms with E-state index >= 15 is 0 Å². The van der Waals surface area contributed by atoms with E-state index < -0.39 is 5.41 Å². The monoisotopic (exact) mass is 416 g/mol. The molecular formula is C24H24N4O3. The normalized spacial score (nSPS) is 14.4. The predicted molar refractivity (Wildman–Crippen MR) is 119 cm³/mol. The molecule has 0 atom stereocenters. The van der Waals surface area contributed by atoms with Gasteiger partial charge in [-0.15, -0.1) is 0 Å².